The van der Waals surface area contributed by atoms with Gasteiger partial charge in [0.25, 0.3) is 0 Å². The van der Waals surface area contributed by atoms with Gasteiger partial charge >= 0.3 is 0 Å². The number of para-hydroxylation sites is 1. The van der Waals surface area contributed by atoms with Gasteiger partial charge in [-0.2, -0.15) is 0 Å². The summed E-state index contributed by atoms with van der Waals surface area (Å²) in [4.78, 5) is 2.04. The molecule has 0 heterocycles. The van der Waals surface area contributed by atoms with Crippen molar-refractivity contribution in [2.45, 2.75) is 0 Å². The molecule has 1 rings (SSSR count). The molecule has 0 N–H and O–H groups in total. The van der Waals surface area contributed by atoms with Gasteiger partial charge in [-0.05, 0) is 18.7 Å². The maximum absolute atomic E-state index is 5.29. The monoisotopic (exact) mass is 251 g/mol. The Labute approximate surface area is 110 Å². The number of methoxy groups -OCH3 is 1. The van der Waals surface area contributed by atoms with Gasteiger partial charge < -0.3 is 4.74 Å². The van der Waals surface area contributed by atoms with Crippen LogP contribution in [-0.2, 0) is 0 Å². The van der Waals surface area contributed by atoms with Crippen molar-refractivity contribution in [3.8, 4) is 18.1 Å². The van der Waals surface area contributed by atoms with Crippen molar-refractivity contribution in [2.75, 3.05) is 27.2 Å². The van der Waals surface area contributed by atoms with E-state index in [2.05, 4.69) is 12.5 Å². The minimum Gasteiger partial charge on any atom is -0.496 e. The van der Waals surface area contributed by atoms with E-state index in [1.165, 1.54) is 0 Å². The molecule has 0 aliphatic carbocycles. The molecule has 0 saturated heterocycles. The van der Waals surface area contributed by atoms with Gasteiger partial charge in [0.2, 0.25) is 0 Å². The van der Waals surface area contributed by atoms with Gasteiger partial charge in [-0.3, -0.25) is 4.90 Å². The predicted octanol–water partition coefficient (Wildman–Crippen LogP) is 2.70. The van der Waals surface area contributed by atoms with Crippen molar-refractivity contribution in [2.24, 2.45) is 0 Å². The van der Waals surface area contributed by atoms with Crippen LogP contribution in [0.3, 0.4) is 0 Å². The highest BCUT2D eigenvalue weighted by Crippen LogP contribution is 2.24. The average Bonchev–Trinajstić information content (AvgIpc) is 2.29. The van der Waals surface area contributed by atoms with Crippen LogP contribution in [0.15, 0.2) is 30.8 Å². The lowest BCUT2D eigenvalue weighted by Crippen LogP contribution is -2.20. The molecule has 3 heteroatoms. The second kappa shape index (κ2) is 7.78. The fourth-order valence-electron chi connectivity index (χ4n) is 1.56. The van der Waals surface area contributed by atoms with E-state index in [4.69, 9.17) is 11.2 Å². The standard InChI is InChI=1S/C14H17NO.ClH/c1-5-10-15(3)11-12(2)13-8-6-7-9-14(13)16-4;/h1,6-9H,2,10-11H2,3-4H3;1H. The third-order valence-electron chi connectivity index (χ3n) is 2.31. The number of terminal acetylenes is 1. The van der Waals surface area contributed by atoms with Crippen LogP contribution < -0.4 is 4.74 Å². The second-order valence-corrected chi connectivity index (χ2v) is 3.68. The molecule has 1 aromatic rings. The number of benzene rings is 1. The van der Waals surface area contributed by atoms with Crippen molar-refractivity contribution in [3.63, 3.8) is 0 Å². The Bertz CT molecular complexity index is 409. The summed E-state index contributed by atoms with van der Waals surface area (Å²) in [7, 11) is 3.64. The van der Waals surface area contributed by atoms with Crippen LogP contribution >= 0.6 is 12.4 Å². The topological polar surface area (TPSA) is 12.5 Å². The molecule has 0 aliphatic rings. The summed E-state index contributed by atoms with van der Waals surface area (Å²) in [5, 5.41) is 0. The van der Waals surface area contributed by atoms with Gasteiger partial charge in [0, 0.05) is 12.1 Å². The van der Waals surface area contributed by atoms with Gasteiger partial charge in [-0.25, -0.2) is 0 Å². The minimum absolute atomic E-state index is 0. The van der Waals surface area contributed by atoms with Gasteiger partial charge in [0.05, 0.1) is 13.7 Å². The molecule has 0 amide bonds. The Kier molecular flexibility index (Phi) is 7.13. The molecular formula is C14H18ClNO. The number of rotatable bonds is 5. The van der Waals surface area contributed by atoms with E-state index in [1.807, 2.05) is 36.2 Å². The Morgan fingerprint density at radius 3 is 2.71 bits per heavy atom. The SMILES string of the molecule is C#CCN(C)CC(=C)c1ccccc1OC.Cl. The molecule has 0 aliphatic heterocycles. The molecule has 0 radical (unpaired) electrons. The Morgan fingerprint density at radius 1 is 1.47 bits per heavy atom. The second-order valence-electron chi connectivity index (χ2n) is 3.68. The molecule has 1 aromatic carbocycles. The number of likely N-dealkylation sites (N-methyl/N-ethyl adjacent to an activating group) is 1. The smallest absolute Gasteiger partial charge is 0.126 e. The molecule has 0 bridgehead atoms. The highest BCUT2D eigenvalue weighted by Gasteiger charge is 2.07. The van der Waals surface area contributed by atoms with Crippen LogP contribution in [0.5, 0.6) is 5.75 Å². The zero-order chi connectivity index (χ0) is 12.0. The molecule has 92 valence electrons. The lowest BCUT2D eigenvalue weighted by atomic mass is 10.1. The normalized spacial score (nSPS) is 9.29. The van der Waals surface area contributed by atoms with Gasteiger partial charge in [0.15, 0.2) is 0 Å². The first-order valence-electron chi connectivity index (χ1n) is 5.12. The van der Waals surface area contributed by atoms with Crippen molar-refractivity contribution < 1.29 is 4.74 Å². The summed E-state index contributed by atoms with van der Waals surface area (Å²) in [6.45, 7) is 5.43. The molecule has 0 fully saturated rings. The van der Waals surface area contributed by atoms with Crippen molar-refractivity contribution >= 4 is 18.0 Å². The van der Waals surface area contributed by atoms with Crippen molar-refractivity contribution in [3.05, 3.63) is 36.4 Å². The van der Waals surface area contributed by atoms with E-state index < -0.39 is 0 Å². The zero-order valence-electron chi connectivity index (χ0n) is 10.3. The third kappa shape index (κ3) is 4.52. The number of ether oxygens (including phenoxy) is 1. The summed E-state index contributed by atoms with van der Waals surface area (Å²) < 4.78 is 5.29. The molecular weight excluding hydrogens is 234 g/mol. The molecule has 0 aromatic heterocycles. The van der Waals surface area contributed by atoms with Gasteiger partial charge in [-0.15, -0.1) is 18.8 Å². The minimum atomic E-state index is 0. The molecule has 17 heavy (non-hydrogen) atoms. The Hall–Kier alpha value is -1.43. The predicted molar refractivity (Wildman–Crippen MR) is 75.6 cm³/mol. The number of hydrogen-bond acceptors (Lipinski definition) is 2. The highest BCUT2D eigenvalue weighted by molar-refractivity contribution is 5.85. The van der Waals surface area contributed by atoms with Crippen LogP contribution in [0.25, 0.3) is 5.57 Å². The van der Waals surface area contributed by atoms with E-state index in [9.17, 15) is 0 Å². The lowest BCUT2D eigenvalue weighted by molar-refractivity contribution is 0.408. The first kappa shape index (κ1) is 15.6. The van der Waals surface area contributed by atoms with Crippen LogP contribution in [0.1, 0.15) is 5.56 Å². The van der Waals surface area contributed by atoms with Crippen LogP contribution in [0.4, 0.5) is 0 Å². The third-order valence-corrected chi connectivity index (χ3v) is 2.31. The maximum atomic E-state index is 5.29. The zero-order valence-corrected chi connectivity index (χ0v) is 11.1. The summed E-state index contributed by atoms with van der Waals surface area (Å²) in [5.74, 6) is 3.46. The van der Waals surface area contributed by atoms with Crippen molar-refractivity contribution in [1.29, 1.82) is 0 Å². The maximum Gasteiger partial charge on any atom is 0.126 e. The van der Waals surface area contributed by atoms with Crippen molar-refractivity contribution in [1.82, 2.24) is 4.90 Å². The van der Waals surface area contributed by atoms with E-state index in [1.54, 1.807) is 7.11 Å². The van der Waals surface area contributed by atoms with Crippen LogP contribution in [-0.4, -0.2) is 32.1 Å². The summed E-state index contributed by atoms with van der Waals surface area (Å²) in [5.41, 5.74) is 2.05. The number of halogens is 1. The quantitative estimate of drug-likeness (QED) is 0.746. The highest BCUT2D eigenvalue weighted by atomic mass is 35.5. The van der Waals surface area contributed by atoms with E-state index in [-0.39, 0.29) is 12.4 Å². The summed E-state index contributed by atoms with van der Waals surface area (Å²) in [6, 6.07) is 7.86. The average molecular weight is 252 g/mol. The number of hydrogen-bond donors (Lipinski definition) is 0. The summed E-state index contributed by atoms with van der Waals surface area (Å²) >= 11 is 0. The van der Waals surface area contributed by atoms with Gasteiger partial charge in [0.1, 0.15) is 5.75 Å². The molecule has 0 spiro atoms. The van der Waals surface area contributed by atoms with Crippen LogP contribution in [0, 0.1) is 12.3 Å². The fourth-order valence-corrected chi connectivity index (χ4v) is 1.56. The van der Waals surface area contributed by atoms with E-state index in [0.717, 1.165) is 23.4 Å². The largest absolute Gasteiger partial charge is 0.496 e. The fraction of sp³-hybridized carbons (Fsp3) is 0.286. The molecule has 0 unspecified atom stereocenters. The van der Waals surface area contributed by atoms with Gasteiger partial charge in [-0.1, -0.05) is 30.7 Å². The molecule has 2 nitrogen and oxygen atoms in total. The number of nitrogens with zero attached hydrogens (tertiary/aromatic N) is 1. The Balaban J connectivity index is 0.00000256. The Morgan fingerprint density at radius 2 is 2.12 bits per heavy atom. The molecule has 0 atom stereocenters. The van der Waals surface area contributed by atoms with E-state index >= 15 is 0 Å². The first-order chi connectivity index (χ1) is 7.69. The van der Waals surface area contributed by atoms with Crippen LogP contribution in [0.2, 0.25) is 0 Å². The summed E-state index contributed by atoms with van der Waals surface area (Å²) in [6.07, 6.45) is 5.25. The van der Waals surface area contributed by atoms with E-state index in [0.29, 0.717) is 6.54 Å². The lowest BCUT2D eigenvalue weighted by Gasteiger charge is -2.17. The molecule has 0 saturated carbocycles. The first-order valence-corrected chi connectivity index (χ1v) is 5.12.